The van der Waals surface area contributed by atoms with E-state index < -0.39 is 29.6 Å². The molecule has 1 saturated carbocycles. The highest BCUT2D eigenvalue weighted by Gasteiger charge is 2.45. The van der Waals surface area contributed by atoms with Gasteiger partial charge in [0.25, 0.3) is 17.7 Å². The van der Waals surface area contributed by atoms with E-state index in [1.807, 2.05) is 6.07 Å². The first-order valence-corrected chi connectivity index (χ1v) is 15.7. The van der Waals surface area contributed by atoms with Crippen LogP contribution in [0, 0.1) is 29.1 Å². The minimum atomic E-state index is -1.29. The van der Waals surface area contributed by atoms with Gasteiger partial charge in [-0.05, 0) is 81.0 Å². The predicted molar refractivity (Wildman–Crippen MR) is 170 cm³/mol. The van der Waals surface area contributed by atoms with Crippen LogP contribution in [-0.4, -0.2) is 68.8 Å². The smallest absolute Gasteiger partial charge is 0.262 e. The summed E-state index contributed by atoms with van der Waals surface area (Å²) in [5.74, 6) is 5.40. The Balaban J connectivity index is 0.974. The zero-order valence-corrected chi connectivity index (χ0v) is 26.0. The Morgan fingerprint density at radius 2 is 1.81 bits per heavy atom. The molecule has 1 aliphatic carbocycles. The van der Waals surface area contributed by atoms with E-state index in [0.29, 0.717) is 30.1 Å². The minimum Gasteiger partial charge on any atom is -0.372 e. The molecule has 0 radical (unpaired) electrons. The van der Waals surface area contributed by atoms with Crippen molar-refractivity contribution in [3.8, 4) is 17.9 Å². The lowest BCUT2D eigenvalue weighted by atomic mass is 9.98. The van der Waals surface area contributed by atoms with E-state index in [4.69, 9.17) is 0 Å². The Morgan fingerprint density at radius 1 is 1.04 bits per heavy atom. The SMILES string of the molecule is CC(C)(C(=O)Nc1ccc(C#N)cc1C1CC1)n1cc(C#CC2CN(c3ccc4c(c3)C(=O)N(C3CCC(=O)NC3O)C4=O)C2)cn1. The number of imide groups is 1. The maximum Gasteiger partial charge on any atom is 0.262 e. The average Bonchev–Trinajstić information content (AvgIpc) is 3.71. The molecule has 238 valence electrons. The summed E-state index contributed by atoms with van der Waals surface area (Å²) in [5, 5.41) is 29.5. The zero-order chi connectivity index (χ0) is 33.0. The maximum absolute atomic E-state index is 13.4. The van der Waals surface area contributed by atoms with Crippen LogP contribution in [0.15, 0.2) is 48.8 Å². The molecule has 2 aromatic carbocycles. The standard InChI is InChI=1S/C35H33N7O5/c1-35(2,34(47)38-28-10-5-20(15-36)13-26(28)23-6-7-23)41-19-21(16-37-41)3-4-22-17-40(18-22)24-8-9-25-27(14-24)33(46)42(32(25)45)29-11-12-30(43)39-31(29)44/h5,8-10,13-14,16,19,22-23,29,31,44H,6-7,11-12,17-18H2,1-2H3,(H,38,47)(H,39,43). The van der Waals surface area contributed by atoms with Crippen molar-refractivity contribution < 1.29 is 24.3 Å². The Labute approximate surface area is 271 Å². The van der Waals surface area contributed by atoms with Gasteiger partial charge in [0.15, 0.2) is 0 Å². The van der Waals surface area contributed by atoms with Gasteiger partial charge < -0.3 is 20.6 Å². The lowest BCUT2D eigenvalue weighted by Crippen LogP contribution is -2.57. The topological polar surface area (TPSA) is 161 Å². The van der Waals surface area contributed by atoms with E-state index >= 15 is 0 Å². The van der Waals surface area contributed by atoms with Crippen molar-refractivity contribution in [1.29, 1.82) is 5.26 Å². The fourth-order valence-corrected chi connectivity index (χ4v) is 6.30. The van der Waals surface area contributed by atoms with Gasteiger partial charge in [0.05, 0.1) is 46.5 Å². The molecular weight excluding hydrogens is 598 g/mol. The highest BCUT2D eigenvalue weighted by Crippen LogP contribution is 2.44. The monoisotopic (exact) mass is 631 g/mol. The molecule has 2 atom stereocenters. The van der Waals surface area contributed by atoms with Crippen LogP contribution in [0.5, 0.6) is 0 Å². The molecule has 3 N–H and O–H groups in total. The van der Waals surface area contributed by atoms with E-state index in [1.54, 1.807) is 61.3 Å². The Kier molecular flexibility index (Phi) is 7.33. The van der Waals surface area contributed by atoms with Crippen LogP contribution < -0.4 is 15.5 Å². The number of amides is 4. The van der Waals surface area contributed by atoms with Crippen molar-refractivity contribution in [2.75, 3.05) is 23.3 Å². The molecule has 1 aromatic heterocycles. The Morgan fingerprint density at radius 3 is 2.53 bits per heavy atom. The summed E-state index contributed by atoms with van der Waals surface area (Å²) >= 11 is 0. The lowest BCUT2D eigenvalue weighted by Gasteiger charge is -2.38. The number of hydrogen-bond donors (Lipinski definition) is 3. The first-order valence-electron chi connectivity index (χ1n) is 15.7. The summed E-state index contributed by atoms with van der Waals surface area (Å²) in [6, 6.07) is 11.9. The molecule has 12 nitrogen and oxygen atoms in total. The highest BCUT2D eigenvalue weighted by molar-refractivity contribution is 6.22. The summed E-state index contributed by atoms with van der Waals surface area (Å²) < 4.78 is 1.60. The van der Waals surface area contributed by atoms with E-state index in [9.17, 15) is 29.5 Å². The molecule has 3 fully saturated rings. The van der Waals surface area contributed by atoms with E-state index in [2.05, 4.69) is 38.5 Å². The van der Waals surface area contributed by atoms with Crippen molar-refractivity contribution >= 4 is 35.0 Å². The van der Waals surface area contributed by atoms with Gasteiger partial charge in [-0.15, -0.1) is 0 Å². The van der Waals surface area contributed by atoms with Gasteiger partial charge in [0, 0.05) is 37.1 Å². The molecule has 4 heterocycles. The van der Waals surface area contributed by atoms with Crippen LogP contribution in [0.2, 0.25) is 0 Å². The number of rotatable bonds is 6. The molecule has 0 spiro atoms. The Hall–Kier alpha value is -5.46. The third-order valence-corrected chi connectivity index (χ3v) is 9.40. The molecule has 47 heavy (non-hydrogen) atoms. The van der Waals surface area contributed by atoms with Crippen LogP contribution in [0.3, 0.4) is 0 Å². The van der Waals surface area contributed by atoms with Gasteiger partial charge in [-0.25, -0.2) is 0 Å². The van der Waals surface area contributed by atoms with Gasteiger partial charge in [-0.2, -0.15) is 10.4 Å². The average molecular weight is 632 g/mol. The molecule has 7 rings (SSSR count). The fourth-order valence-electron chi connectivity index (χ4n) is 6.30. The third kappa shape index (κ3) is 5.51. The molecule has 4 amide bonds. The Bertz CT molecular complexity index is 1940. The zero-order valence-electron chi connectivity index (χ0n) is 26.0. The normalized spacial score (nSPS) is 20.9. The van der Waals surface area contributed by atoms with Gasteiger partial charge in [-0.1, -0.05) is 11.8 Å². The second-order valence-electron chi connectivity index (χ2n) is 13.1. The number of nitrogens with zero attached hydrogens (tertiary/aromatic N) is 5. The highest BCUT2D eigenvalue weighted by atomic mass is 16.3. The van der Waals surface area contributed by atoms with Gasteiger partial charge in [0.2, 0.25) is 5.91 Å². The van der Waals surface area contributed by atoms with Crippen molar-refractivity contribution in [2.45, 2.75) is 63.3 Å². The quantitative estimate of drug-likeness (QED) is 0.277. The van der Waals surface area contributed by atoms with Crippen molar-refractivity contribution in [3.05, 3.63) is 76.6 Å². The van der Waals surface area contributed by atoms with Crippen LogP contribution in [0.1, 0.15) is 82.9 Å². The maximum atomic E-state index is 13.4. The summed E-state index contributed by atoms with van der Waals surface area (Å²) in [5.41, 5.74) is 3.36. The second-order valence-corrected chi connectivity index (χ2v) is 13.1. The van der Waals surface area contributed by atoms with Gasteiger partial charge >= 0.3 is 0 Å². The molecule has 12 heteroatoms. The summed E-state index contributed by atoms with van der Waals surface area (Å²) in [6.45, 7) is 4.86. The first-order chi connectivity index (χ1) is 22.5. The molecule has 2 unspecified atom stereocenters. The van der Waals surface area contributed by atoms with E-state index in [1.165, 1.54) is 0 Å². The van der Waals surface area contributed by atoms with Crippen molar-refractivity contribution in [3.63, 3.8) is 0 Å². The first kappa shape index (κ1) is 30.2. The molecular formula is C35H33N7O5. The largest absolute Gasteiger partial charge is 0.372 e. The molecule has 3 aromatic rings. The number of hydrogen-bond acceptors (Lipinski definition) is 8. The number of nitrogens with one attached hydrogen (secondary N) is 2. The van der Waals surface area contributed by atoms with Gasteiger partial charge in [0.1, 0.15) is 11.8 Å². The molecule has 4 aliphatic rings. The number of piperidine rings is 1. The number of anilines is 2. The number of nitriles is 1. The number of carbonyl (C=O) groups is 4. The van der Waals surface area contributed by atoms with Gasteiger partial charge in [-0.3, -0.25) is 28.8 Å². The minimum absolute atomic E-state index is 0.0787. The molecule has 3 aliphatic heterocycles. The van der Waals surface area contributed by atoms with E-state index in [-0.39, 0.29) is 41.7 Å². The number of fused-ring (bicyclic) bond motifs is 1. The summed E-state index contributed by atoms with van der Waals surface area (Å²) in [4.78, 5) is 54.3. The van der Waals surface area contributed by atoms with Crippen LogP contribution in [-0.2, 0) is 15.1 Å². The fraction of sp³-hybridized carbons (Fsp3) is 0.371. The number of carbonyl (C=O) groups excluding carboxylic acids is 4. The summed E-state index contributed by atoms with van der Waals surface area (Å²) in [6.07, 6.45) is 4.53. The number of aliphatic hydroxyl groups is 1. The number of benzene rings is 2. The second kappa shape index (κ2) is 11.4. The molecule has 0 bridgehead atoms. The predicted octanol–water partition coefficient (Wildman–Crippen LogP) is 2.69. The molecule has 2 saturated heterocycles. The van der Waals surface area contributed by atoms with E-state index in [0.717, 1.165) is 34.7 Å². The third-order valence-electron chi connectivity index (χ3n) is 9.40. The van der Waals surface area contributed by atoms with Crippen LogP contribution in [0.25, 0.3) is 0 Å². The van der Waals surface area contributed by atoms with Crippen LogP contribution in [0.4, 0.5) is 11.4 Å². The van der Waals surface area contributed by atoms with Crippen molar-refractivity contribution in [2.24, 2.45) is 5.92 Å². The van der Waals surface area contributed by atoms with Crippen LogP contribution >= 0.6 is 0 Å². The number of aliphatic hydroxyl groups excluding tert-OH is 1. The summed E-state index contributed by atoms with van der Waals surface area (Å²) in [7, 11) is 0. The van der Waals surface area contributed by atoms with Crippen molar-refractivity contribution in [1.82, 2.24) is 20.0 Å². The lowest BCUT2D eigenvalue weighted by molar-refractivity contribution is -0.129. The number of aromatic nitrogens is 2.